The van der Waals surface area contributed by atoms with Gasteiger partial charge in [-0.05, 0) is 69.3 Å². The summed E-state index contributed by atoms with van der Waals surface area (Å²) < 4.78 is 46.8. The summed E-state index contributed by atoms with van der Waals surface area (Å²) in [5, 5.41) is 0. The molecule has 1 aromatic heterocycles. The van der Waals surface area contributed by atoms with E-state index in [-0.39, 0.29) is 23.9 Å². The summed E-state index contributed by atoms with van der Waals surface area (Å²) in [5.41, 5.74) is 2.70. The molecule has 1 atom stereocenters. The Kier molecular flexibility index (Phi) is 6.04. The molecule has 1 unspecified atom stereocenters. The number of fused-ring (bicyclic) bond motifs is 1. The van der Waals surface area contributed by atoms with Gasteiger partial charge in [0, 0.05) is 22.6 Å². The van der Waals surface area contributed by atoms with Gasteiger partial charge in [-0.15, -0.1) is 0 Å². The Labute approximate surface area is 188 Å². The van der Waals surface area contributed by atoms with Crippen molar-refractivity contribution in [2.75, 3.05) is 6.79 Å². The molecule has 4 rings (SSSR count). The number of nitrogens with zero attached hydrogens (tertiary/aromatic N) is 1. The van der Waals surface area contributed by atoms with Crippen LogP contribution in [0.1, 0.15) is 39.0 Å². The summed E-state index contributed by atoms with van der Waals surface area (Å²) >= 11 is 0. The zero-order chi connectivity index (χ0) is 23.7. The van der Waals surface area contributed by atoms with Crippen molar-refractivity contribution in [3.63, 3.8) is 0 Å². The van der Waals surface area contributed by atoms with Crippen LogP contribution in [0.3, 0.4) is 0 Å². The molecule has 1 aliphatic rings. The number of aryl methyl sites for hydroxylation is 1. The fourth-order valence-corrected chi connectivity index (χ4v) is 3.71. The second-order valence-corrected chi connectivity index (χ2v) is 7.47. The molecule has 0 saturated heterocycles. The number of Topliss-reactive ketones (excluding diaryl/α,β-unsaturated/α-hetero) is 1. The Bertz CT molecular complexity index is 1200. The Morgan fingerprint density at radius 2 is 1.70 bits per heavy atom. The Hall–Kier alpha value is -3.88. The van der Waals surface area contributed by atoms with E-state index in [1.165, 1.54) is 25.1 Å². The molecule has 2 heterocycles. The molecule has 2 aromatic carbocycles. The lowest BCUT2D eigenvalue weighted by molar-refractivity contribution is -0.0498. The molecule has 7 nitrogen and oxygen atoms in total. The second-order valence-electron chi connectivity index (χ2n) is 7.47. The number of esters is 1. The number of ether oxygens (including phenoxy) is 4. The summed E-state index contributed by atoms with van der Waals surface area (Å²) in [4.78, 5) is 25.6. The third-order valence-corrected chi connectivity index (χ3v) is 5.28. The average molecular weight is 457 g/mol. The first-order valence-corrected chi connectivity index (χ1v) is 10.1. The van der Waals surface area contributed by atoms with Crippen molar-refractivity contribution in [2.24, 2.45) is 0 Å². The molecule has 0 fully saturated rings. The van der Waals surface area contributed by atoms with Crippen LogP contribution in [-0.2, 0) is 4.74 Å². The Morgan fingerprint density at radius 3 is 2.39 bits per heavy atom. The number of hydrogen-bond donors (Lipinski definition) is 0. The molecule has 0 spiro atoms. The summed E-state index contributed by atoms with van der Waals surface area (Å²) in [6.07, 6.45) is -1.03. The number of halogens is 2. The molecule has 33 heavy (non-hydrogen) atoms. The van der Waals surface area contributed by atoms with Crippen molar-refractivity contribution >= 4 is 11.8 Å². The van der Waals surface area contributed by atoms with Crippen LogP contribution in [0.15, 0.2) is 48.5 Å². The third-order valence-electron chi connectivity index (χ3n) is 5.28. The van der Waals surface area contributed by atoms with Crippen LogP contribution in [0.4, 0.5) is 8.78 Å². The van der Waals surface area contributed by atoms with Crippen LogP contribution >= 0.6 is 0 Å². The molecule has 0 aliphatic carbocycles. The van der Waals surface area contributed by atoms with E-state index < -0.39 is 18.7 Å². The standard InChI is InChI=1S/C24H21F2NO6/c1-13-10-19(14(2)27(13)17-5-7-18(8-6-17)33-24(25)26)22(28)15(3)32-23(29)16-4-9-20-21(11-16)31-12-30-20/h4-11,15,24H,12H2,1-3H3. The van der Waals surface area contributed by atoms with Crippen molar-refractivity contribution in [3.05, 3.63) is 71.0 Å². The number of hydrogen-bond acceptors (Lipinski definition) is 6. The summed E-state index contributed by atoms with van der Waals surface area (Å²) in [5.74, 6) is 0.00379. The lowest BCUT2D eigenvalue weighted by Gasteiger charge is -2.14. The molecular weight excluding hydrogens is 436 g/mol. The third kappa shape index (κ3) is 4.52. The van der Waals surface area contributed by atoms with Crippen LogP contribution in [-0.4, -0.2) is 35.8 Å². The van der Waals surface area contributed by atoms with E-state index in [0.717, 1.165) is 5.69 Å². The maximum Gasteiger partial charge on any atom is 0.387 e. The van der Waals surface area contributed by atoms with Gasteiger partial charge in [-0.3, -0.25) is 4.79 Å². The summed E-state index contributed by atoms with van der Waals surface area (Å²) in [6, 6.07) is 12.5. The van der Waals surface area contributed by atoms with Crippen LogP contribution in [0.2, 0.25) is 0 Å². The van der Waals surface area contributed by atoms with Gasteiger partial charge >= 0.3 is 12.6 Å². The highest BCUT2D eigenvalue weighted by molar-refractivity contribution is 6.02. The number of aromatic nitrogens is 1. The molecule has 0 amide bonds. The smallest absolute Gasteiger partial charge is 0.387 e. The SMILES string of the molecule is Cc1cc(C(=O)C(C)OC(=O)c2ccc3c(c2)OCO3)c(C)n1-c1ccc(OC(F)F)cc1. The van der Waals surface area contributed by atoms with Crippen LogP contribution in [0.25, 0.3) is 5.69 Å². The quantitative estimate of drug-likeness (QED) is 0.373. The van der Waals surface area contributed by atoms with Crippen molar-refractivity contribution in [1.82, 2.24) is 4.57 Å². The molecule has 1 aliphatic heterocycles. The van der Waals surface area contributed by atoms with Crippen molar-refractivity contribution in [3.8, 4) is 22.9 Å². The molecule has 3 aromatic rings. The number of carbonyl (C=O) groups excluding carboxylic acids is 2. The average Bonchev–Trinajstić information content (AvgIpc) is 3.36. The highest BCUT2D eigenvalue weighted by Crippen LogP contribution is 2.33. The fourth-order valence-electron chi connectivity index (χ4n) is 3.71. The van der Waals surface area contributed by atoms with Gasteiger partial charge in [-0.1, -0.05) is 0 Å². The zero-order valence-electron chi connectivity index (χ0n) is 18.1. The monoisotopic (exact) mass is 457 g/mol. The van der Waals surface area contributed by atoms with E-state index in [9.17, 15) is 18.4 Å². The summed E-state index contributed by atoms with van der Waals surface area (Å²) in [6.45, 7) is 2.26. The minimum atomic E-state index is -2.91. The normalized spacial score (nSPS) is 13.2. The topological polar surface area (TPSA) is 76.0 Å². The lowest BCUT2D eigenvalue weighted by Crippen LogP contribution is -2.25. The van der Waals surface area contributed by atoms with Gasteiger partial charge in [-0.25, -0.2) is 4.79 Å². The zero-order valence-corrected chi connectivity index (χ0v) is 18.1. The minimum Gasteiger partial charge on any atom is -0.454 e. The highest BCUT2D eigenvalue weighted by Gasteiger charge is 2.26. The molecule has 0 N–H and O–H groups in total. The molecule has 0 bridgehead atoms. The van der Waals surface area contributed by atoms with E-state index in [1.807, 2.05) is 11.5 Å². The van der Waals surface area contributed by atoms with Gasteiger partial charge in [0.15, 0.2) is 17.6 Å². The number of alkyl halides is 2. The van der Waals surface area contributed by atoms with Crippen LogP contribution in [0.5, 0.6) is 17.2 Å². The maximum atomic E-state index is 13.1. The van der Waals surface area contributed by atoms with Gasteiger partial charge in [-0.2, -0.15) is 8.78 Å². The Balaban J connectivity index is 1.50. The summed E-state index contributed by atoms with van der Waals surface area (Å²) in [7, 11) is 0. The fraction of sp³-hybridized carbons (Fsp3) is 0.250. The minimum absolute atomic E-state index is 0.0385. The number of rotatable bonds is 7. The van der Waals surface area contributed by atoms with Gasteiger partial charge in [0.1, 0.15) is 5.75 Å². The number of benzene rings is 2. The van der Waals surface area contributed by atoms with Gasteiger partial charge in [0.25, 0.3) is 0 Å². The van der Waals surface area contributed by atoms with Crippen molar-refractivity contribution < 1.29 is 37.3 Å². The first-order chi connectivity index (χ1) is 15.7. The second kappa shape index (κ2) is 8.93. The van der Waals surface area contributed by atoms with E-state index in [1.54, 1.807) is 37.3 Å². The molecule has 0 radical (unpaired) electrons. The van der Waals surface area contributed by atoms with E-state index in [2.05, 4.69) is 4.74 Å². The first kappa shape index (κ1) is 22.3. The highest BCUT2D eigenvalue weighted by atomic mass is 19.3. The van der Waals surface area contributed by atoms with Gasteiger partial charge < -0.3 is 23.5 Å². The van der Waals surface area contributed by atoms with Crippen molar-refractivity contribution in [1.29, 1.82) is 0 Å². The van der Waals surface area contributed by atoms with Gasteiger partial charge in [0.2, 0.25) is 12.6 Å². The van der Waals surface area contributed by atoms with Gasteiger partial charge in [0.05, 0.1) is 5.56 Å². The number of ketones is 1. The number of carbonyl (C=O) groups is 2. The lowest BCUT2D eigenvalue weighted by atomic mass is 10.1. The Morgan fingerprint density at radius 1 is 1.00 bits per heavy atom. The van der Waals surface area contributed by atoms with E-state index in [4.69, 9.17) is 14.2 Å². The predicted octanol–water partition coefficient (Wildman–Crippen LogP) is 4.85. The largest absolute Gasteiger partial charge is 0.454 e. The first-order valence-electron chi connectivity index (χ1n) is 10.1. The van der Waals surface area contributed by atoms with Crippen LogP contribution < -0.4 is 14.2 Å². The molecular formula is C24H21F2NO6. The van der Waals surface area contributed by atoms with Crippen molar-refractivity contribution in [2.45, 2.75) is 33.5 Å². The predicted molar refractivity (Wildman–Crippen MR) is 114 cm³/mol. The van der Waals surface area contributed by atoms with E-state index >= 15 is 0 Å². The molecule has 0 saturated carbocycles. The molecule has 172 valence electrons. The maximum absolute atomic E-state index is 13.1. The molecule has 9 heteroatoms. The van der Waals surface area contributed by atoms with E-state index in [0.29, 0.717) is 28.4 Å². The van der Waals surface area contributed by atoms with Crippen LogP contribution in [0, 0.1) is 13.8 Å².